The minimum atomic E-state index is -4.82. The smallest absolute Gasteiger partial charge is 0.416 e. The maximum Gasteiger partial charge on any atom is 0.416 e. The molecule has 1 fully saturated rings. The number of alkyl halides is 5. The maximum absolute atomic E-state index is 14.2. The Morgan fingerprint density at radius 3 is 2.42 bits per heavy atom. The number of nitrogens with zero attached hydrogens (tertiary/aromatic N) is 1. The molecule has 0 radical (unpaired) electrons. The number of carbonyl (C=O) groups is 1. The largest absolute Gasteiger partial charge is 0.483 e. The molecule has 5 rings (SSSR count). The van der Waals surface area contributed by atoms with Gasteiger partial charge >= 0.3 is 18.8 Å². The number of hydrogen-bond acceptors (Lipinski definition) is 5. The summed E-state index contributed by atoms with van der Waals surface area (Å²) >= 11 is 0. The van der Waals surface area contributed by atoms with Crippen molar-refractivity contribution in [2.75, 3.05) is 10.8 Å². The van der Waals surface area contributed by atoms with Gasteiger partial charge in [-0.25, -0.2) is 12.8 Å². The molecule has 1 N–H and O–H groups in total. The van der Waals surface area contributed by atoms with E-state index in [9.17, 15) is 44.7 Å². The molecule has 1 aliphatic carbocycles. The highest BCUT2D eigenvalue weighted by atomic mass is 32.2. The lowest BCUT2D eigenvalue weighted by Crippen LogP contribution is -2.61. The Bertz CT molecular complexity index is 1590. The maximum atomic E-state index is 14.2. The summed E-state index contributed by atoms with van der Waals surface area (Å²) in [5.41, 5.74) is -2.34. The summed E-state index contributed by atoms with van der Waals surface area (Å²) < 4.78 is 118. The van der Waals surface area contributed by atoms with E-state index in [2.05, 4.69) is 4.74 Å². The number of sulfonamides is 1. The van der Waals surface area contributed by atoms with Gasteiger partial charge in [-0.2, -0.15) is 22.0 Å². The van der Waals surface area contributed by atoms with Crippen LogP contribution in [0.5, 0.6) is 11.5 Å². The van der Waals surface area contributed by atoms with E-state index in [0.29, 0.717) is 6.07 Å². The average molecular weight is 587 g/mol. The number of hydrogen-bond donors (Lipinski definition) is 1. The summed E-state index contributed by atoms with van der Waals surface area (Å²) in [4.78, 5) is 10.8. The molecule has 3 aromatic carbocycles. The summed E-state index contributed by atoms with van der Waals surface area (Å²) in [5.74, 6) is -3.31. The summed E-state index contributed by atoms with van der Waals surface area (Å²) in [6, 6.07) is 10.0. The van der Waals surface area contributed by atoms with E-state index in [1.165, 1.54) is 18.2 Å². The second kappa shape index (κ2) is 9.61. The first-order valence-corrected chi connectivity index (χ1v) is 13.1. The lowest BCUT2D eigenvalue weighted by molar-refractivity contribution is -0.154. The molecule has 40 heavy (non-hydrogen) atoms. The van der Waals surface area contributed by atoms with Gasteiger partial charge in [0.15, 0.2) is 0 Å². The molecule has 0 saturated heterocycles. The van der Waals surface area contributed by atoms with Gasteiger partial charge in [-0.1, -0.05) is 12.1 Å². The number of halogens is 6. The molecule has 1 heterocycles. The van der Waals surface area contributed by atoms with Gasteiger partial charge in [0.2, 0.25) is 0 Å². The van der Waals surface area contributed by atoms with Crippen molar-refractivity contribution in [3.8, 4) is 22.6 Å². The molecule has 3 aromatic rings. The fraction of sp³-hybridized carbons (Fsp3) is 0.269. The quantitative estimate of drug-likeness (QED) is 0.360. The van der Waals surface area contributed by atoms with Gasteiger partial charge in [-0.05, 0) is 53.6 Å². The second-order valence-corrected chi connectivity index (χ2v) is 11.4. The first-order valence-electron chi connectivity index (χ1n) is 11.7. The number of ether oxygens (including phenoxy) is 2. The van der Waals surface area contributed by atoms with Crippen LogP contribution < -0.4 is 13.8 Å². The van der Waals surface area contributed by atoms with Gasteiger partial charge in [-0.15, -0.1) is 0 Å². The van der Waals surface area contributed by atoms with Gasteiger partial charge < -0.3 is 14.6 Å². The molecule has 1 spiro atoms. The van der Waals surface area contributed by atoms with E-state index in [4.69, 9.17) is 4.74 Å². The zero-order valence-electron chi connectivity index (χ0n) is 20.2. The normalized spacial score (nSPS) is 20.6. The third kappa shape index (κ3) is 5.15. The molecular formula is C26H19F6NO6S. The Balaban J connectivity index is 1.61. The second-order valence-electron chi connectivity index (χ2n) is 9.50. The van der Waals surface area contributed by atoms with Crippen molar-refractivity contribution in [1.29, 1.82) is 0 Å². The van der Waals surface area contributed by atoms with Gasteiger partial charge in [0.1, 0.15) is 22.9 Å². The molecule has 0 amide bonds. The number of fused-ring (bicyclic) bond motifs is 1. The fourth-order valence-electron chi connectivity index (χ4n) is 4.89. The number of benzene rings is 3. The van der Waals surface area contributed by atoms with Crippen LogP contribution in [0.3, 0.4) is 0 Å². The van der Waals surface area contributed by atoms with Gasteiger partial charge in [-0.3, -0.25) is 9.10 Å². The molecule has 1 saturated carbocycles. The summed E-state index contributed by atoms with van der Waals surface area (Å²) in [6.45, 7) is -3.64. The van der Waals surface area contributed by atoms with Crippen LogP contribution in [0.2, 0.25) is 0 Å². The monoisotopic (exact) mass is 587 g/mol. The Kier molecular flexibility index (Phi) is 6.63. The molecule has 2 aliphatic rings. The predicted molar refractivity (Wildman–Crippen MR) is 128 cm³/mol. The standard InChI is InChI=1S/C26H19F6NO6S/c27-18-6-15(7-19(10-18)38-24(28)29)14-4-5-22-21(8-14)33(13-25(39-22)11-16(12-25)23(34)35)40(36,37)20-3-1-2-17(9-20)26(30,31)32/h1-10,16,24H,11-13H2,(H,34,35). The minimum Gasteiger partial charge on any atom is -0.483 e. The van der Waals surface area contributed by atoms with Gasteiger partial charge in [0, 0.05) is 18.9 Å². The first-order chi connectivity index (χ1) is 18.7. The molecule has 0 atom stereocenters. The van der Waals surface area contributed by atoms with Crippen molar-refractivity contribution in [2.45, 2.75) is 36.1 Å². The topological polar surface area (TPSA) is 93.1 Å². The van der Waals surface area contributed by atoms with E-state index in [0.717, 1.165) is 40.7 Å². The molecule has 0 aromatic heterocycles. The van der Waals surface area contributed by atoms with Crippen molar-refractivity contribution in [3.63, 3.8) is 0 Å². The summed E-state index contributed by atoms with van der Waals surface area (Å²) in [5, 5.41) is 9.33. The van der Waals surface area contributed by atoms with Crippen LogP contribution in [0.25, 0.3) is 11.1 Å². The Labute approximate surface area is 223 Å². The highest BCUT2D eigenvalue weighted by Gasteiger charge is 2.55. The lowest BCUT2D eigenvalue weighted by Gasteiger charge is -2.51. The third-order valence-corrected chi connectivity index (χ3v) is 8.51. The van der Waals surface area contributed by atoms with E-state index < -0.39 is 68.9 Å². The molecule has 14 heteroatoms. The van der Waals surface area contributed by atoms with Crippen LogP contribution in [0.4, 0.5) is 32.0 Å². The zero-order valence-corrected chi connectivity index (χ0v) is 21.0. The third-order valence-electron chi connectivity index (χ3n) is 6.75. The predicted octanol–water partition coefficient (Wildman–Crippen LogP) is 5.93. The summed E-state index contributed by atoms with van der Waals surface area (Å²) in [7, 11) is -4.67. The highest BCUT2D eigenvalue weighted by molar-refractivity contribution is 7.92. The van der Waals surface area contributed by atoms with Crippen molar-refractivity contribution < 1.29 is 54.1 Å². The van der Waals surface area contributed by atoms with Crippen LogP contribution >= 0.6 is 0 Å². The molecule has 0 bridgehead atoms. The number of anilines is 1. The molecule has 212 valence electrons. The molecule has 0 unspecified atom stereocenters. The van der Waals surface area contributed by atoms with Crippen molar-refractivity contribution in [3.05, 3.63) is 72.0 Å². The Hall–Kier alpha value is -3.94. The molecular weight excluding hydrogens is 568 g/mol. The van der Waals surface area contributed by atoms with Crippen molar-refractivity contribution in [2.24, 2.45) is 5.92 Å². The van der Waals surface area contributed by atoms with Crippen LogP contribution in [0.15, 0.2) is 65.6 Å². The molecule has 7 nitrogen and oxygen atoms in total. The number of rotatable bonds is 6. The van der Waals surface area contributed by atoms with Crippen molar-refractivity contribution in [1.82, 2.24) is 0 Å². The fourth-order valence-corrected chi connectivity index (χ4v) is 6.48. The number of carboxylic acids is 1. The van der Waals surface area contributed by atoms with Crippen LogP contribution in [0.1, 0.15) is 18.4 Å². The van der Waals surface area contributed by atoms with Gasteiger partial charge in [0.25, 0.3) is 10.0 Å². The van der Waals surface area contributed by atoms with Gasteiger partial charge in [0.05, 0.1) is 28.6 Å². The van der Waals surface area contributed by atoms with Crippen molar-refractivity contribution >= 4 is 21.7 Å². The minimum absolute atomic E-state index is 0.00477. The Morgan fingerprint density at radius 2 is 1.77 bits per heavy atom. The van der Waals surface area contributed by atoms with E-state index >= 15 is 0 Å². The summed E-state index contributed by atoms with van der Waals surface area (Å²) in [6.07, 6.45) is -4.91. The number of carboxylic acid groups (broad SMARTS) is 1. The number of aliphatic carboxylic acids is 1. The van der Waals surface area contributed by atoms with E-state index in [1.54, 1.807) is 0 Å². The SMILES string of the molecule is O=C(O)C1CC2(C1)CN(S(=O)(=O)c1cccc(C(F)(F)F)c1)c1cc(-c3cc(F)cc(OC(F)F)c3)ccc1O2. The van der Waals surface area contributed by atoms with E-state index in [1.807, 2.05) is 0 Å². The highest BCUT2D eigenvalue weighted by Crippen LogP contribution is 2.50. The Morgan fingerprint density at radius 1 is 1.05 bits per heavy atom. The zero-order chi connectivity index (χ0) is 29.0. The molecule has 1 aliphatic heterocycles. The lowest BCUT2D eigenvalue weighted by atomic mass is 9.70. The van der Waals surface area contributed by atoms with Crippen LogP contribution in [-0.2, 0) is 21.0 Å². The first kappa shape index (κ1) is 27.6. The van der Waals surface area contributed by atoms with Crippen LogP contribution in [0, 0.1) is 11.7 Å². The van der Waals surface area contributed by atoms with Crippen LogP contribution in [-0.4, -0.2) is 38.3 Å². The van der Waals surface area contributed by atoms with E-state index in [-0.39, 0.29) is 35.4 Å². The average Bonchev–Trinajstić information content (AvgIpc) is 2.85.